The van der Waals surface area contributed by atoms with Crippen LogP contribution < -0.4 is 10.2 Å². The molecule has 1 amide bonds. The number of rotatable bonds is 8. The number of anilines is 1. The number of para-hydroxylation sites is 1. The smallest absolute Gasteiger partial charge is 0.340 e. The fourth-order valence-electron chi connectivity index (χ4n) is 3.77. The van der Waals surface area contributed by atoms with Crippen molar-refractivity contribution in [1.82, 2.24) is 10.3 Å². The lowest BCUT2D eigenvalue weighted by atomic mass is 10.1. The summed E-state index contributed by atoms with van der Waals surface area (Å²) in [5, 5.41) is 3.02. The Morgan fingerprint density at radius 1 is 1.21 bits per heavy atom. The fraction of sp³-hybridized carbons (Fsp3) is 0.455. The summed E-state index contributed by atoms with van der Waals surface area (Å²) in [6.45, 7) is 6.56. The zero-order valence-corrected chi connectivity index (χ0v) is 17.3. The van der Waals surface area contributed by atoms with Crippen LogP contribution in [-0.2, 0) is 9.47 Å². The average molecular weight is 399 g/mol. The van der Waals surface area contributed by atoms with Gasteiger partial charge in [0.05, 0.1) is 12.2 Å². The number of aromatic nitrogens is 1. The second-order valence-corrected chi connectivity index (χ2v) is 7.40. The summed E-state index contributed by atoms with van der Waals surface area (Å²) < 4.78 is 10.1. The van der Waals surface area contributed by atoms with E-state index in [1.165, 1.54) is 5.69 Å². The minimum atomic E-state index is -0.443. The summed E-state index contributed by atoms with van der Waals surface area (Å²) in [7, 11) is 1.55. The quantitative estimate of drug-likeness (QED) is 0.527. The molecule has 29 heavy (non-hydrogen) atoms. The molecule has 1 aliphatic heterocycles. The van der Waals surface area contributed by atoms with Crippen LogP contribution in [0, 0.1) is 19.8 Å². The molecule has 7 heteroatoms. The summed E-state index contributed by atoms with van der Waals surface area (Å²) >= 11 is 0. The van der Waals surface area contributed by atoms with E-state index in [0.717, 1.165) is 19.5 Å². The maximum Gasteiger partial charge on any atom is 0.340 e. The lowest BCUT2D eigenvalue weighted by Gasteiger charge is -2.18. The van der Waals surface area contributed by atoms with E-state index in [9.17, 15) is 9.59 Å². The molecular formula is C22H29N3O4. The Morgan fingerprint density at radius 3 is 2.69 bits per heavy atom. The predicted molar refractivity (Wildman–Crippen MR) is 112 cm³/mol. The molecule has 0 saturated carbocycles. The number of nitrogens with zero attached hydrogens (tertiary/aromatic N) is 1. The van der Waals surface area contributed by atoms with Gasteiger partial charge in [0.15, 0.2) is 0 Å². The maximum absolute atomic E-state index is 12.7. The number of hydrogen-bond donors (Lipinski definition) is 2. The number of esters is 1. The van der Waals surface area contributed by atoms with Crippen LogP contribution in [0.2, 0.25) is 0 Å². The van der Waals surface area contributed by atoms with Crippen molar-refractivity contribution in [2.24, 2.45) is 5.92 Å². The van der Waals surface area contributed by atoms with Crippen LogP contribution in [0.4, 0.5) is 5.69 Å². The highest BCUT2D eigenvalue weighted by molar-refractivity contribution is 6.00. The topological polar surface area (TPSA) is 83.7 Å². The van der Waals surface area contributed by atoms with Gasteiger partial charge in [-0.25, -0.2) is 4.79 Å². The lowest BCUT2D eigenvalue weighted by molar-refractivity contribution is 0.0387. The first-order chi connectivity index (χ1) is 14.0. The molecule has 1 aliphatic rings. The van der Waals surface area contributed by atoms with Gasteiger partial charge in [-0.3, -0.25) is 4.79 Å². The number of aryl methyl sites for hydroxylation is 1. The minimum Gasteiger partial charge on any atom is -0.460 e. The van der Waals surface area contributed by atoms with Crippen LogP contribution in [0.15, 0.2) is 30.3 Å². The Bertz CT molecular complexity index is 847. The number of amides is 1. The molecule has 7 nitrogen and oxygen atoms in total. The molecule has 0 radical (unpaired) electrons. The number of hydrogen-bond acceptors (Lipinski definition) is 5. The second-order valence-electron chi connectivity index (χ2n) is 7.40. The number of ether oxygens (including phenoxy) is 2. The first-order valence-corrected chi connectivity index (χ1v) is 9.94. The molecule has 0 aliphatic carbocycles. The second kappa shape index (κ2) is 9.60. The van der Waals surface area contributed by atoms with E-state index in [-0.39, 0.29) is 12.5 Å². The van der Waals surface area contributed by atoms with Crippen LogP contribution >= 0.6 is 0 Å². The van der Waals surface area contributed by atoms with Gasteiger partial charge in [0.1, 0.15) is 12.3 Å². The molecule has 1 saturated heterocycles. The van der Waals surface area contributed by atoms with Crippen LogP contribution in [0.3, 0.4) is 0 Å². The van der Waals surface area contributed by atoms with Crippen molar-refractivity contribution in [2.45, 2.75) is 20.3 Å². The molecule has 1 fully saturated rings. The van der Waals surface area contributed by atoms with Gasteiger partial charge < -0.3 is 24.7 Å². The zero-order valence-electron chi connectivity index (χ0n) is 17.3. The molecule has 0 spiro atoms. The first kappa shape index (κ1) is 20.9. The van der Waals surface area contributed by atoms with Crippen molar-refractivity contribution in [3.05, 3.63) is 52.8 Å². The summed E-state index contributed by atoms with van der Waals surface area (Å²) in [6, 6.07) is 10.3. The normalized spacial score (nSPS) is 16.1. The molecule has 1 unspecified atom stereocenters. The van der Waals surface area contributed by atoms with E-state index < -0.39 is 5.97 Å². The number of nitrogens with one attached hydrogen (secondary N) is 2. The Balaban J connectivity index is 1.56. The summed E-state index contributed by atoms with van der Waals surface area (Å²) in [6.07, 6.45) is 1.04. The highest BCUT2D eigenvalue weighted by Gasteiger charge is 2.26. The van der Waals surface area contributed by atoms with Gasteiger partial charge in [-0.2, -0.15) is 0 Å². The van der Waals surface area contributed by atoms with E-state index in [0.29, 0.717) is 41.6 Å². The Hall–Kier alpha value is -2.80. The Labute approximate surface area is 171 Å². The number of carbonyl (C=O) groups is 2. The monoisotopic (exact) mass is 399 g/mol. The molecule has 1 atom stereocenters. The molecule has 2 aromatic rings. The Morgan fingerprint density at radius 2 is 1.97 bits per heavy atom. The van der Waals surface area contributed by atoms with E-state index in [1.54, 1.807) is 21.0 Å². The lowest BCUT2D eigenvalue weighted by Crippen LogP contribution is -2.31. The van der Waals surface area contributed by atoms with Gasteiger partial charge in [0.2, 0.25) is 0 Å². The molecule has 2 heterocycles. The summed E-state index contributed by atoms with van der Waals surface area (Å²) in [5.74, 6) is -0.240. The third kappa shape index (κ3) is 4.98. The Kier molecular flexibility index (Phi) is 6.93. The molecule has 1 aromatic heterocycles. The van der Waals surface area contributed by atoms with Crippen molar-refractivity contribution in [3.8, 4) is 0 Å². The van der Waals surface area contributed by atoms with Crippen molar-refractivity contribution >= 4 is 17.6 Å². The molecular weight excluding hydrogens is 370 g/mol. The number of benzene rings is 1. The SMILES string of the molecule is COCCOC(=O)c1c(C)[nH]c(C(=O)NCC2CCN(c3ccccc3)C2)c1C. The summed E-state index contributed by atoms with van der Waals surface area (Å²) in [4.78, 5) is 30.4. The van der Waals surface area contributed by atoms with Gasteiger partial charge in [0, 0.05) is 38.1 Å². The molecule has 2 N–H and O–H groups in total. The van der Waals surface area contributed by atoms with E-state index in [1.807, 2.05) is 18.2 Å². The van der Waals surface area contributed by atoms with Gasteiger partial charge in [-0.15, -0.1) is 0 Å². The number of H-pyrrole nitrogens is 1. The van der Waals surface area contributed by atoms with Crippen molar-refractivity contribution in [3.63, 3.8) is 0 Å². The van der Waals surface area contributed by atoms with Crippen molar-refractivity contribution in [2.75, 3.05) is 44.9 Å². The van der Waals surface area contributed by atoms with E-state index in [2.05, 4.69) is 27.3 Å². The fourth-order valence-corrected chi connectivity index (χ4v) is 3.77. The van der Waals surface area contributed by atoms with Crippen molar-refractivity contribution < 1.29 is 19.1 Å². The van der Waals surface area contributed by atoms with E-state index in [4.69, 9.17) is 9.47 Å². The highest BCUT2D eigenvalue weighted by Crippen LogP contribution is 2.23. The van der Waals surface area contributed by atoms with Gasteiger partial charge in [-0.05, 0) is 43.9 Å². The van der Waals surface area contributed by atoms with Crippen molar-refractivity contribution in [1.29, 1.82) is 0 Å². The zero-order chi connectivity index (χ0) is 20.8. The van der Waals surface area contributed by atoms with Crippen LogP contribution in [-0.4, -0.2) is 56.8 Å². The maximum atomic E-state index is 12.7. The largest absolute Gasteiger partial charge is 0.460 e. The molecule has 156 valence electrons. The number of aromatic amines is 1. The van der Waals surface area contributed by atoms with Crippen LogP contribution in [0.5, 0.6) is 0 Å². The molecule has 0 bridgehead atoms. The third-order valence-corrected chi connectivity index (χ3v) is 5.35. The molecule has 1 aromatic carbocycles. The van der Waals surface area contributed by atoms with Gasteiger partial charge >= 0.3 is 5.97 Å². The summed E-state index contributed by atoms with van der Waals surface area (Å²) in [5.41, 5.74) is 3.29. The minimum absolute atomic E-state index is 0.181. The molecule has 3 rings (SSSR count). The standard InChI is InChI=1S/C22H29N3O4/c1-15-19(22(27)29-12-11-28-3)16(2)24-20(15)21(26)23-13-17-9-10-25(14-17)18-7-5-4-6-8-18/h4-8,17,24H,9-14H2,1-3H3,(H,23,26). The number of methoxy groups -OCH3 is 1. The number of carbonyl (C=O) groups excluding carboxylic acids is 2. The predicted octanol–water partition coefficient (Wildman–Crippen LogP) is 2.69. The highest BCUT2D eigenvalue weighted by atomic mass is 16.6. The van der Waals surface area contributed by atoms with Crippen LogP contribution in [0.1, 0.15) is 38.5 Å². The van der Waals surface area contributed by atoms with Gasteiger partial charge in [0.25, 0.3) is 5.91 Å². The first-order valence-electron chi connectivity index (χ1n) is 9.94. The van der Waals surface area contributed by atoms with Gasteiger partial charge in [-0.1, -0.05) is 18.2 Å². The average Bonchev–Trinajstić information content (AvgIpc) is 3.31. The third-order valence-electron chi connectivity index (χ3n) is 5.35. The van der Waals surface area contributed by atoms with Crippen LogP contribution in [0.25, 0.3) is 0 Å². The van der Waals surface area contributed by atoms with E-state index >= 15 is 0 Å².